The van der Waals surface area contributed by atoms with Crippen molar-refractivity contribution in [1.82, 2.24) is 9.97 Å². The van der Waals surface area contributed by atoms with Crippen molar-refractivity contribution in [3.8, 4) is 0 Å². The maximum atomic E-state index is 5.97. The van der Waals surface area contributed by atoms with Crippen LogP contribution in [0.15, 0.2) is 0 Å². The molecule has 0 amide bonds. The fourth-order valence-electron chi connectivity index (χ4n) is 1.27. The van der Waals surface area contributed by atoms with E-state index in [-0.39, 0.29) is 0 Å². The number of rotatable bonds is 5. The second-order valence-electron chi connectivity index (χ2n) is 3.90. The summed E-state index contributed by atoms with van der Waals surface area (Å²) in [7, 11) is 0. The highest BCUT2D eigenvalue weighted by molar-refractivity contribution is 6.32. The SMILES string of the molecule is CCCc1nc(Cl)c(N)c(NC(C)CC)n1. The van der Waals surface area contributed by atoms with Crippen LogP contribution in [0.2, 0.25) is 5.15 Å². The van der Waals surface area contributed by atoms with E-state index in [1.165, 1.54) is 0 Å². The van der Waals surface area contributed by atoms with Crippen molar-refractivity contribution < 1.29 is 0 Å². The summed E-state index contributed by atoms with van der Waals surface area (Å²) in [5, 5.41) is 3.58. The van der Waals surface area contributed by atoms with Crippen molar-refractivity contribution in [2.75, 3.05) is 11.1 Å². The fraction of sp³-hybridized carbons (Fsp3) is 0.636. The van der Waals surface area contributed by atoms with Crippen molar-refractivity contribution in [3.63, 3.8) is 0 Å². The minimum atomic E-state index is 0.322. The topological polar surface area (TPSA) is 63.8 Å². The van der Waals surface area contributed by atoms with Crippen LogP contribution < -0.4 is 11.1 Å². The summed E-state index contributed by atoms with van der Waals surface area (Å²) in [5.74, 6) is 1.39. The number of aromatic nitrogens is 2. The monoisotopic (exact) mass is 242 g/mol. The maximum Gasteiger partial charge on any atom is 0.157 e. The summed E-state index contributed by atoms with van der Waals surface area (Å²) in [4.78, 5) is 8.52. The van der Waals surface area contributed by atoms with E-state index in [0.717, 1.165) is 25.1 Å². The van der Waals surface area contributed by atoms with Crippen LogP contribution in [-0.4, -0.2) is 16.0 Å². The minimum absolute atomic E-state index is 0.322. The smallest absolute Gasteiger partial charge is 0.157 e. The highest BCUT2D eigenvalue weighted by Gasteiger charge is 2.11. The molecule has 1 aromatic heterocycles. The number of nitrogens with zero attached hydrogens (tertiary/aromatic N) is 2. The molecule has 1 atom stereocenters. The van der Waals surface area contributed by atoms with Crippen molar-refractivity contribution in [1.29, 1.82) is 0 Å². The van der Waals surface area contributed by atoms with E-state index in [1.807, 2.05) is 0 Å². The number of anilines is 2. The predicted octanol–water partition coefficient (Wildman–Crippen LogP) is 2.88. The molecule has 0 saturated carbocycles. The number of halogens is 1. The van der Waals surface area contributed by atoms with Gasteiger partial charge >= 0.3 is 0 Å². The highest BCUT2D eigenvalue weighted by Crippen LogP contribution is 2.24. The molecule has 90 valence electrons. The molecule has 0 aliphatic heterocycles. The van der Waals surface area contributed by atoms with Gasteiger partial charge in [0.15, 0.2) is 11.0 Å². The average molecular weight is 243 g/mol. The van der Waals surface area contributed by atoms with Crippen LogP contribution in [0, 0.1) is 0 Å². The first-order valence-electron chi connectivity index (χ1n) is 5.66. The molecule has 0 aliphatic carbocycles. The van der Waals surface area contributed by atoms with E-state index in [0.29, 0.717) is 22.7 Å². The zero-order valence-corrected chi connectivity index (χ0v) is 10.8. The van der Waals surface area contributed by atoms with Gasteiger partial charge in [0.1, 0.15) is 11.5 Å². The van der Waals surface area contributed by atoms with Crippen molar-refractivity contribution in [2.45, 2.75) is 46.1 Å². The molecule has 0 bridgehead atoms. The molecule has 1 unspecified atom stereocenters. The van der Waals surface area contributed by atoms with E-state index < -0.39 is 0 Å². The lowest BCUT2D eigenvalue weighted by atomic mass is 10.2. The van der Waals surface area contributed by atoms with Gasteiger partial charge in [0.05, 0.1) is 0 Å². The van der Waals surface area contributed by atoms with Gasteiger partial charge in [-0.2, -0.15) is 0 Å². The Kier molecular flexibility index (Phi) is 4.80. The van der Waals surface area contributed by atoms with Gasteiger partial charge < -0.3 is 11.1 Å². The standard InChI is InChI=1S/C11H19ClN4/c1-4-6-8-15-10(12)9(13)11(16-8)14-7(3)5-2/h7H,4-6,13H2,1-3H3,(H,14,15,16). The van der Waals surface area contributed by atoms with Gasteiger partial charge in [0.25, 0.3) is 0 Å². The van der Waals surface area contributed by atoms with Gasteiger partial charge in [0, 0.05) is 12.5 Å². The quantitative estimate of drug-likeness (QED) is 0.780. The van der Waals surface area contributed by atoms with Crippen LogP contribution in [0.1, 0.15) is 39.4 Å². The summed E-state index contributed by atoms with van der Waals surface area (Å²) in [6, 6.07) is 0.322. The highest BCUT2D eigenvalue weighted by atomic mass is 35.5. The second kappa shape index (κ2) is 5.89. The Labute approximate surface area is 102 Å². The van der Waals surface area contributed by atoms with Crippen molar-refractivity contribution in [2.24, 2.45) is 0 Å². The summed E-state index contributed by atoms with van der Waals surface area (Å²) in [5.41, 5.74) is 6.26. The summed E-state index contributed by atoms with van der Waals surface area (Å²) in [6.07, 6.45) is 2.81. The van der Waals surface area contributed by atoms with Crippen molar-refractivity contribution >= 4 is 23.1 Å². The molecule has 0 spiro atoms. The molecule has 0 aromatic carbocycles. The van der Waals surface area contributed by atoms with Crippen LogP contribution in [0.3, 0.4) is 0 Å². The first-order chi connectivity index (χ1) is 7.58. The number of nitrogen functional groups attached to an aromatic ring is 1. The molecular formula is C11H19ClN4. The molecule has 5 heteroatoms. The normalized spacial score (nSPS) is 12.5. The molecule has 0 aliphatic rings. The molecule has 4 nitrogen and oxygen atoms in total. The van der Waals surface area contributed by atoms with Crippen LogP contribution in [0.4, 0.5) is 11.5 Å². The number of hydrogen-bond acceptors (Lipinski definition) is 4. The third-order valence-electron chi connectivity index (χ3n) is 2.41. The Hall–Kier alpha value is -1.03. The van der Waals surface area contributed by atoms with E-state index in [2.05, 4.69) is 36.1 Å². The zero-order valence-electron chi connectivity index (χ0n) is 10.0. The predicted molar refractivity (Wildman–Crippen MR) is 68.8 cm³/mol. The third kappa shape index (κ3) is 3.23. The van der Waals surface area contributed by atoms with Crippen LogP contribution in [0.25, 0.3) is 0 Å². The summed E-state index contributed by atoms with van der Waals surface area (Å²) < 4.78 is 0. The molecule has 1 heterocycles. The van der Waals surface area contributed by atoms with Crippen molar-refractivity contribution in [3.05, 3.63) is 11.0 Å². The van der Waals surface area contributed by atoms with Crippen LogP contribution in [-0.2, 0) is 6.42 Å². The van der Waals surface area contributed by atoms with Gasteiger partial charge in [-0.3, -0.25) is 0 Å². The second-order valence-corrected chi connectivity index (χ2v) is 4.25. The number of aryl methyl sites for hydroxylation is 1. The van der Waals surface area contributed by atoms with E-state index >= 15 is 0 Å². The average Bonchev–Trinajstić information content (AvgIpc) is 2.25. The Morgan fingerprint density at radius 2 is 2.06 bits per heavy atom. The molecule has 16 heavy (non-hydrogen) atoms. The number of hydrogen-bond donors (Lipinski definition) is 2. The van der Waals surface area contributed by atoms with Gasteiger partial charge in [-0.05, 0) is 19.8 Å². The third-order valence-corrected chi connectivity index (χ3v) is 2.70. The largest absolute Gasteiger partial charge is 0.393 e. The van der Waals surface area contributed by atoms with Crippen LogP contribution >= 0.6 is 11.6 Å². The molecule has 0 radical (unpaired) electrons. The summed E-state index contributed by atoms with van der Waals surface area (Å²) in [6.45, 7) is 6.26. The first kappa shape index (κ1) is 13.0. The Morgan fingerprint density at radius 3 is 2.62 bits per heavy atom. The van der Waals surface area contributed by atoms with E-state index in [9.17, 15) is 0 Å². The maximum absolute atomic E-state index is 5.97. The fourth-order valence-corrected chi connectivity index (χ4v) is 1.45. The lowest BCUT2D eigenvalue weighted by molar-refractivity contribution is 0.753. The summed E-state index contributed by atoms with van der Waals surface area (Å²) >= 11 is 5.97. The molecular weight excluding hydrogens is 224 g/mol. The van der Waals surface area contributed by atoms with Gasteiger partial charge in [0.2, 0.25) is 0 Å². The van der Waals surface area contributed by atoms with Crippen LogP contribution in [0.5, 0.6) is 0 Å². The minimum Gasteiger partial charge on any atom is -0.393 e. The Balaban J connectivity index is 2.96. The first-order valence-corrected chi connectivity index (χ1v) is 6.04. The molecule has 1 rings (SSSR count). The Bertz CT molecular complexity index is 354. The molecule has 0 fully saturated rings. The molecule has 1 aromatic rings. The zero-order chi connectivity index (χ0) is 12.1. The lowest BCUT2D eigenvalue weighted by Gasteiger charge is -2.15. The van der Waals surface area contributed by atoms with E-state index in [1.54, 1.807) is 0 Å². The van der Waals surface area contributed by atoms with E-state index in [4.69, 9.17) is 17.3 Å². The molecule has 3 N–H and O–H groups in total. The van der Waals surface area contributed by atoms with Gasteiger partial charge in [-0.1, -0.05) is 25.4 Å². The number of nitrogens with one attached hydrogen (secondary N) is 1. The van der Waals surface area contributed by atoms with Gasteiger partial charge in [-0.25, -0.2) is 9.97 Å². The lowest BCUT2D eigenvalue weighted by Crippen LogP contribution is -2.17. The number of nitrogens with two attached hydrogens (primary N) is 1. The Morgan fingerprint density at radius 1 is 1.38 bits per heavy atom. The molecule has 0 saturated heterocycles. The van der Waals surface area contributed by atoms with Gasteiger partial charge in [-0.15, -0.1) is 0 Å².